The van der Waals surface area contributed by atoms with Crippen molar-refractivity contribution < 1.29 is 17.9 Å². The van der Waals surface area contributed by atoms with Crippen LogP contribution in [0.15, 0.2) is 42.5 Å². The van der Waals surface area contributed by atoms with Crippen molar-refractivity contribution in [2.75, 3.05) is 0 Å². The molecule has 2 rings (SSSR count). The fraction of sp³-hybridized carbons (Fsp3) is 0.222. The number of benzene rings is 2. The molecule has 0 amide bonds. The van der Waals surface area contributed by atoms with Gasteiger partial charge in [-0.05, 0) is 35.2 Å². The zero-order valence-corrected chi connectivity index (χ0v) is 12.2. The van der Waals surface area contributed by atoms with E-state index in [4.69, 9.17) is 6.42 Å². The Morgan fingerprint density at radius 1 is 1.09 bits per heavy atom. The SMILES string of the molecule is C#Cc1ccc(OC(F)(F)F)cc1-c1cccc(C(C)C)c1. The number of ether oxygens (including phenoxy) is 1. The Morgan fingerprint density at radius 2 is 1.82 bits per heavy atom. The quantitative estimate of drug-likeness (QED) is 0.694. The molecule has 0 spiro atoms. The normalized spacial score (nSPS) is 11.3. The van der Waals surface area contributed by atoms with Gasteiger partial charge < -0.3 is 4.74 Å². The zero-order chi connectivity index (χ0) is 16.3. The van der Waals surface area contributed by atoms with Gasteiger partial charge in [-0.1, -0.05) is 44.0 Å². The van der Waals surface area contributed by atoms with Gasteiger partial charge in [0.05, 0.1) is 0 Å². The van der Waals surface area contributed by atoms with E-state index in [2.05, 4.69) is 10.7 Å². The lowest BCUT2D eigenvalue weighted by Crippen LogP contribution is -2.17. The van der Waals surface area contributed by atoms with Crippen LogP contribution in [-0.2, 0) is 0 Å². The second-order valence-corrected chi connectivity index (χ2v) is 5.18. The number of alkyl halides is 3. The predicted octanol–water partition coefficient (Wildman–Crippen LogP) is 5.36. The van der Waals surface area contributed by atoms with Gasteiger partial charge in [0.15, 0.2) is 0 Å². The Balaban J connectivity index is 2.51. The maximum absolute atomic E-state index is 12.4. The summed E-state index contributed by atoms with van der Waals surface area (Å²) in [6.45, 7) is 4.09. The van der Waals surface area contributed by atoms with E-state index in [0.29, 0.717) is 17.0 Å². The van der Waals surface area contributed by atoms with Crippen LogP contribution < -0.4 is 4.74 Å². The van der Waals surface area contributed by atoms with Crippen LogP contribution in [0.2, 0.25) is 0 Å². The summed E-state index contributed by atoms with van der Waals surface area (Å²) in [5.74, 6) is 2.52. The molecule has 0 aliphatic heterocycles. The highest BCUT2D eigenvalue weighted by molar-refractivity contribution is 5.73. The maximum atomic E-state index is 12.4. The molecular weight excluding hydrogens is 289 g/mol. The molecule has 2 aromatic carbocycles. The van der Waals surface area contributed by atoms with E-state index in [1.165, 1.54) is 18.2 Å². The molecule has 0 bridgehead atoms. The van der Waals surface area contributed by atoms with Gasteiger partial charge in [0, 0.05) is 11.1 Å². The molecule has 0 saturated carbocycles. The number of hydrogen-bond donors (Lipinski definition) is 0. The maximum Gasteiger partial charge on any atom is 0.573 e. The molecule has 2 aromatic rings. The average molecular weight is 304 g/mol. The third-order valence-corrected chi connectivity index (χ3v) is 3.24. The summed E-state index contributed by atoms with van der Waals surface area (Å²) in [5.41, 5.74) is 2.93. The van der Waals surface area contributed by atoms with Gasteiger partial charge >= 0.3 is 6.36 Å². The number of hydrogen-bond acceptors (Lipinski definition) is 1. The van der Waals surface area contributed by atoms with Crippen molar-refractivity contribution in [3.05, 3.63) is 53.6 Å². The Bertz CT molecular complexity index is 709. The van der Waals surface area contributed by atoms with Crippen molar-refractivity contribution in [1.29, 1.82) is 0 Å². The highest BCUT2D eigenvalue weighted by Crippen LogP contribution is 2.32. The molecule has 114 valence electrons. The summed E-state index contributed by atoms with van der Waals surface area (Å²) in [6.07, 6.45) is 0.723. The Kier molecular flexibility index (Phi) is 4.46. The minimum atomic E-state index is -4.73. The van der Waals surface area contributed by atoms with Crippen LogP contribution in [-0.4, -0.2) is 6.36 Å². The van der Waals surface area contributed by atoms with Crippen molar-refractivity contribution in [1.82, 2.24) is 0 Å². The lowest BCUT2D eigenvalue weighted by molar-refractivity contribution is -0.274. The van der Waals surface area contributed by atoms with Crippen molar-refractivity contribution >= 4 is 0 Å². The van der Waals surface area contributed by atoms with Crippen molar-refractivity contribution in [2.45, 2.75) is 26.1 Å². The second kappa shape index (κ2) is 6.15. The standard InChI is InChI=1S/C18H15F3O/c1-4-13-8-9-16(22-18(19,20)21)11-17(13)15-7-5-6-14(10-15)12(2)3/h1,5-12H,2-3H3. The van der Waals surface area contributed by atoms with Crippen LogP contribution in [0.25, 0.3) is 11.1 Å². The van der Waals surface area contributed by atoms with E-state index in [1.807, 2.05) is 38.1 Å². The Morgan fingerprint density at radius 3 is 2.41 bits per heavy atom. The van der Waals surface area contributed by atoms with Crippen molar-refractivity contribution in [2.24, 2.45) is 0 Å². The molecule has 22 heavy (non-hydrogen) atoms. The summed E-state index contributed by atoms with van der Waals surface area (Å²) in [5, 5.41) is 0. The number of rotatable bonds is 3. The molecule has 0 heterocycles. The van der Waals surface area contributed by atoms with Crippen LogP contribution in [0.5, 0.6) is 5.75 Å². The van der Waals surface area contributed by atoms with Crippen LogP contribution in [0, 0.1) is 12.3 Å². The molecule has 1 nitrogen and oxygen atoms in total. The van der Waals surface area contributed by atoms with Crippen molar-refractivity contribution in [3.8, 4) is 29.2 Å². The summed E-state index contributed by atoms with van der Waals surface area (Å²) in [6, 6.07) is 11.6. The smallest absolute Gasteiger partial charge is 0.406 e. The molecule has 0 N–H and O–H groups in total. The molecule has 0 aromatic heterocycles. The van der Waals surface area contributed by atoms with Gasteiger partial charge in [-0.3, -0.25) is 0 Å². The van der Waals surface area contributed by atoms with Crippen LogP contribution in [0.3, 0.4) is 0 Å². The summed E-state index contributed by atoms with van der Waals surface area (Å²) < 4.78 is 41.1. The first kappa shape index (κ1) is 16.0. The molecule has 0 atom stereocenters. The predicted molar refractivity (Wildman–Crippen MR) is 80.6 cm³/mol. The fourth-order valence-electron chi connectivity index (χ4n) is 2.15. The molecule has 0 saturated heterocycles. The molecule has 4 heteroatoms. The largest absolute Gasteiger partial charge is 0.573 e. The summed E-state index contributed by atoms with van der Waals surface area (Å²) >= 11 is 0. The van der Waals surface area contributed by atoms with E-state index in [0.717, 1.165) is 11.1 Å². The van der Waals surface area contributed by atoms with Crippen molar-refractivity contribution in [3.63, 3.8) is 0 Å². The Labute approximate surface area is 127 Å². The average Bonchev–Trinajstić information content (AvgIpc) is 2.45. The number of halogens is 3. The summed E-state index contributed by atoms with van der Waals surface area (Å²) in [4.78, 5) is 0. The topological polar surface area (TPSA) is 9.23 Å². The van der Waals surface area contributed by atoms with E-state index in [9.17, 15) is 13.2 Å². The minimum Gasteiger partial charge on any atom is -0.406 e. The van der Waals surface area contributed by atoms with Gasteiger partial charge in [-0.2, -0.15) is 0 Å². The second-order valence-electron chi connectivity index (χ2n) is 5.18. The highest BCUT2D eigenvalue weighted by atomic mass is 19.4. The van der Waals surface area contributed by atoms with E-state index >= 15 is 0 Å². The minimum absolute atomic E-state index is 0.281. The van der Waals surface area contributed by atoms with Gasteiger partial charge in [0.1, 0.15) is 5.75 Å². The molecule has 0 unspecified atom stereocenters. The first-order valence-corrected chi connectivity index (χ1v) is 6.77. The Hall–Kier alpha value is -2.41. The fourth-order valence-corrected chi connectivity index (χ4v) is 2.15. The van der Waals surface area contributed by atoms with Gasteiger partial charge in [-0.25, -0.2) is 0 Å². The van der Waals surface area contributed by atoms with Gasteiger partial charge in [0.2, 0.25) is 0 Å². The van der Waals surface area contributed by atoms with Crippen LogP contribution >= 0.6 is 0 Å². The van der Waals surface area contributed by atoms with E-state index in [1.54, 1.807) is 0 Å². The van der Waals surface area contributed by atoms with Crippen LogP contribution in [0.1, 0.15) is 30.9 Å². The van der Waals surface area contributed by atoms with Gasteiger partial charge in [0.25, 0.3) is 0 Å². The molecule has 0 aliphatic carbocycles. The third-order valence-electron chi connectivity index (χ3n) is 3.24. The lowest BCUT2D eigenvalue weighted by Gasteiger charge is -2.13. The lowest BCUT2D eigenvalue weighted by atomic mass is 9.95. The molecule has 0 radical (unpaired) electrons. The zero-order valence-electron chi connectivity index (χ0n) is 12.2. The van der Waals surface area contributed by atoms with E-state index in [-0.39, 0.29) is 5.75 Å². The first-order valence-electron chi connectivity index (χ1n) is 6.77. The summed E-state index contributed by atoms with van der Waals surface area (Å²) in [7, 11) is 0. The van der Waals surface area contributed by atoms with Crippen LogP contribution in [0.4, 0.5) is 13.2 Å². The highest BCUT2D eigenvalue weighted by Gasteiger charge is 2.31. The van der Waals surface area contributed by atoms with E-state index < -0.39 is 6.36 Å². The molecule has 0 aliphatic rings. The monoisotopic (exact) mass is 304 g/mol. The first-order chi connectivity index (χ1) is 10.3. The molecule has 0 fully saturated rings. The van der Waals surface area contributed by atoms with Gasteiger partial charge in [-0.15, -0.1) is 19.6 Å². The third kappa shape index (κ3) is 3.82. The number of terminal acetylenes is 1. The molecular formula is C18H15F3O.